The highest BCUT2D eigenvalue weighted by Gasteiger charge is 2.40. The van der Waals surface area contributed by atoms with Crippen LogP contribution in [0.5, 0.6) is 0 Å². The first-order valence-electron chi connectivity index (χ1n) is 20.1. The zero-order valence-electron chi connectivity index (χ0n) is 33.1. The van der Waals surface area contributed by atoms with Gasteiger partial charge in [-0.25, -0.2) is 23.5 Å². The summed E-state index contributed by atoms with van der Waals surface area (Å²) in [6, 6.07) is 7.09. The topological polar surface area (TPSA) is 211 Å². The van der Waals surface area contributed by atoms with E-state index in [9.17, 15) is 28.0 Å². The Morgan fingerprint density at radius 1 is 1.14 bits per heavy atom. The lowest BCUT2D eigenvalue weighted by Gasteiger charge is -2.46. The Morgan fingerprint density at radius 2 is 1.92 bits per heavy atom. The lowest BCUT2D eigenvalue weighted by Crippen LogP contribution is -2.59. The van der Waals surface area contributed by atoms with Gasteiger partial charge in [0.15, 0.2) is 5.82 Å². The number of hydrogen-bond acceptors (Lipinski definition) is 13. The zero-order chi connectivity index (χ0) is 41.5. The van der Waals surface area contributed by atoms with Crippen molar-refractivity contribution in [2.75, 3.05) is 49.6 Å². The molecule has 5 fully saturated rings. The minimum atomic E-state index is -3.03. The van der Waals surface area contributed by atoms with Gasteiger partial charge < -0.3 is 31.3 Å². The van der Waals surface area contributed by atoms with E-state index in [1.165, 1.54) is 17.0 Å². The standard InChI is InChI=1S/C40H50F2N12O5/c1-50(25-18-52(19-25)29-4-3-5-30-35(29)51(2)40(58)54(30)31-10-11-33(55)49-39(31)57)17-22-6-8-23(9-7-22)46-16-28(34(44)36(41)42)47-38(56)27(15-43)37-45-13-12-32(48-37)53-20-26-14-24(53)21-59-26/h3-5,12-13,15-16,22-26,31,36H,6-11,14,17-21,43-44H2,1-2H3,(H,47,56)(H,49,55,57)/b27-15+,34-28+,46-16?/t22?,23?,24-,26-,31?/m1/s1. The van der Waals surface area contributed by atoms with Crippen LogP contribution in [0, 0.1) is 5.92 Å². The Labute approximate surface area is 339 Å². The van der Waals surface area contributed by atoms with Gasteiger partial charge in [-0.1, -0.05) is 6.07 Å². The van der Waals surface area contributed by atoms with Gasteiger partial charge in [0.1, 0.15) is 17.6 Å². The molecule has 314 valence electrons. The van der Waals surface area contributed by atoms with Crippen molar-refractivity contribution in [3.8, 4) is 0 Å². The fourth-order valence-electron chi connectivity index (χ4n) is 9.10. The quantitative estimate of drug-likeness (QED) is 0.116. The molecule has 2 aromatic heterocycles. The van der Waals surface area contributed by atoms with E-state index in [2.05, 4.69) is 47.3 Å². The van der Waals surface area contributed by atoms with Crippen LogP contribution >= 0.6 is 0 Å². The maximum absolute atomic E-state index is 13.9. The van der Waals surface area contributed by atoms with Crippen LogP contribution in [0.4, 0.5) is 20.3 Å². The van der Waals surface area contributed by atoms with Gasteiger partial charge in [-0.15, -0.1) is 0 Å². The average molecular weight is 817 g/mol. The number of benzene rings is 1. The first-order valence-corrected chi connectivity index (χ1v) is 20.1. The van der Waals surface area contributed by atoms with E-state index in [0.29, 0.717) is 36.4 Å². The van der Waals surface area contributed by atoms with Crippen LogP contribution in [0.2, 0.25) is 0 Å². The van der Waals surface area contributed by atoms with Crippen LogP contribution in [0.25, 0.3) is 16.6 Å². The fraction of sp³-hybridized carbons (Fsp3) is 0.525. The SMILES string of the molecule is CN(CC1CCC(N=C/C(NC(=O)/C(=C/N)c2nccc(N3C[C@H]4C[C@@H]3CO4)n2)=C(\N)C(F)F)CC1)C1CN(c2cccc3c2n(C)c(=O)n3C2CCC(=O)NC2=O)C1. The van der Waals surface area contributed by atoms with Gasteiger partial charge in [0.2, 0.25) is 11.8 Å². The van der Waals surface area contributed by atoms with Crippen molar-refractivity contribution in [2.45, 2.75) is 81.6 Å². The molecule has 4 aliphatic heterocycles. The number of imide groups is 1. The van der Waals surface area contributed by atoms with E-state index in [-0.39, 0.29) is 59.7 Å². The number of piperidine rings is 1. The number of allylic oxidation sites excluding steroid dienone is 2. The summed E-state index contributed by atoms with van der Waals surface area (Å²) in [6.07, 6.45) is 5.56. The molecule has 3 amide bonds. The monoisotopic (exact) mass is 816 g/mol. The molecule has 3 aromatic rings. The van der Waals surface area contributed by atoms with Crippen LogP contribution in [0.1, 0.15) is 56.8 Å². The number of halogens is 2. The number of carbonyl (C=O) groups excluding carboxylic acids is 3. The largest absolute Gasteiger partial charge is 0.404 e. The summed E-state index contributed by atoms with van der Waals surface area (Å²) in [7, 11) is 3.83. The Balaban J connectivity index is 0.847. The number of aliphatic imine (C=N–C) groups is 1. The number of nitrogens with two attached hydrogens (primary N) is 2. The maximum atomic E-state index is 13.9. The zero-order valence-corrected chi connectivity index (χ0v) is 33.1. The van der Waals surface area contributed by atoms with Crippen LogP contribution in [0.15, 0.2) is 57.8 Å². The smallest absolute Gasteiger partial charge is 0.329 e. The predicted molar refractivity (Wildman–Crippen MR) is 217 cm³/mol. The number of amides is 3. The minimum Gasteiger partial charge on any atom is -0.404 e. The number of morpholine rings is 1. The molecule has 4 saturated heterocycles. The van der Waals surface area contributed by atoms with Crippen molar-refractivity contribution in [1.29, 1.82) is 0 Å². The number of rotatable bonds is 12. The second-order valence-electron chi connectivity index (χ2n) is 16.2. The number of alkyl halides is 2. The molecule has 3 atom stereocenters. The number of likely N-dealkylation sites (N-methyl/N-ethyl adjacent to an activating group) is 1. The first kappa shape index (κ1) is 40.1. The molecule has 0 spiro atoms. The van der Waals surface area contributed by atoms with Crippen molar-refractivity contribution in [2.24, 2.45) is 29.4 Å². The van der Waals surface area contributed by atoms with Crippen molar-refractivity contribution in [1.82, 2.24) is 34.6 Å². The van der Waals surface area contributed by atoms with E-state index in [1.807, 2.05) is 18.2 Å². The lowest BCUT2D eigenvalue weighted by atomic mass is 9.85. The molecule has 59 heavy (non-hydrogen) atoms. The molecule has 6 N–H and O–H groups in total. The Morgan fingerprint density at radius 3 is 2.59 bits per heavy atom. The maximum Gasteiger partial charge on any atom is 0.329 e. The van der Waals surface area contributed by atoms with Crippen molar-refractivity contribution in [3.05, 3.63) is 64.4 Å². The van der Waals surface area contributed by atoms with Crippen molar-refractivity contribution < 1.29 is 27.9 Å². The molecule has 0 radical (unpaired) electrons. The highest BCUT2D eigenvalue weighted by molar-refractivity contribution is 6.19. The summed E-state index contributed by atoms with van der Waals surface area (Å²) in [5, 5.41) is 4.84. The van der Waals surface area contributed by atoms with Gasteiger partial charge in [0.05, 0.1) is 52.8 Å². The molecular formula is C40H50F2N12O5. The molecule has 8 rings (SSSR count). The first-order chi connectivity index (χ1) is 28.4. The second kappa shape index (κ2) is 16.5. The highest BCUT2D eigenvalue weighted by Crippen LogP contribution is 2.35. The highest BCUT2D eigenvalue weighted by atomic mass is 19.3. The molecule has 1 aromatic carbocycles. The third-order valence-corrected chi connectivity index (χ3v) is 12.5. The third-order valence-electron chi connectivity index (χ3n) is 12.5. The molecule has 17 nitrogen and oxygen atoms in total. The van der Waals surface area contributed by atoms with E-state index in [1.54, 1.807) is 17.7 Å². The Bertz CT molecular complexity index is 2280. The number of carbonyl (C=O) groups is 3. The number of ether oxygens (including phenoxy) is 1. The van der Waals surface area contributed by atoms with Crippen LogP contribution in [0.3, 0.4) is 0 Å². The van der Waals surface area contributed by atoms with Gasteiger partial charge in [-0.2, -0.15) is 0 Å². The van der Waals surface area contributed by atoms with Gasteiger partial charge in [-0.3, -0.25) is 38.7 Å². The van der Waals surface area contributed by atoms with Crippen LogP contribution in [-0.2, 0) is 26.2 Å². The third kappa shape index (κ3) is 7.92. The van der Waals surface area contributed by atoms with Crippen molar-refractivity contribution >= 4 is 52.0 Å². The Hall–Kier alpha value is -5.69. The van der Waals surface area contributed by atoms with Crippen LogP contribution in [-0.4, -0.2) is 118 Å². The molecule has 1 aliphatic carbocycles. The number of anilines is 2. The number of fused-ring (bicyclic) bond motifs is 3. The number of para-hydroxylation sites is 1. The molecule has 6 heterocycles. The number of nitrogens with one attached hydrogen (secondary N) is 2. The van der Waals surface area contributed by atoms with Gasteiger partial charge in [-0.05, 0) is 69.7 Å². The van der Waals surface area contributed by atoms with E-state index >= 15 is 0 Å². The summed E-state index contributed by atoms with van der Waals surface area (Å²) >= 11 is 0. The summed E-state index contributed by atoms with van der Waals surface area (Å²) < 4.78 is 36.5. The number of aryl methyl sites for hydroxylation is 1. The predicted octanol–water partition coefficient (Wildman–Crippen LogP) is 1.39. The number of nitrogens with zero attached hydrogens (tertiary/aromatic N) is 8. The summed E-state index contributed by atoms with van der Waals surface area (Å²) in [6.45, 7) is 3.70. The van der Waals surface area contributed by atoms with Gasteiger partial charge in [0.25, 0.3) is 12.3 Å². The van der Waals surface area contributed by atoms with Gasteiger partial charge in [0, 0.05) is 64.3 Å². The molecule has 19 heteroatoms. The van der Waals surface area contributed by atoms with E-state index < -0.39 is 30.0 Å². The number of hydrogen-bond donors (Lipinski definition) is 4. The molecular weight excluding hydrogens is 767 g/mol. The normalized spacial score (nSPS) is 25.7. The van der Waals surface area contributed by atoms with E-state index in [4.69, 9.17) is 16.2 Å². The minimum absolute atomic E-state index is 0.0574. The molecule has 2 bridgehead atoms. The van der Waals surface area contributed by atoms with Crippen LogP contribution < -0.4 is 37.6 Å². The van der Waals surface area contributed by atoms with Gasteiger partial charge >= 0.3 is 5.69 Å². The summed E-state index contributed by atoms with van der Waals surface area (Å²) in [5.74, 6) is -0.467. The summed E-state index contributed by atoms with van der Waals surface area (Å²) in [5.41, 5.74) is 12.5. The molecule has 1 unspecified atom stereocenters. The molecule has 1 saturated carbocycles. The summed E-state index contributed by atoms with van der Waals surface area (Å²) in [4.78, 5) is 71.3. The molecule has 5 aliphatic rings. The Kier molecular flexibility index (Phi) is 11.2. The lowest BCUT2D eigenvalue weighted by molar-refractivity contribution is -0.135. The van der Waals surface area contributed by atoms with E-state index in [0.717, 1.165) is 69.1 Å². The average Bonchev–Trinajstić information content (AvgIpc) is 3.91. The fourth-order valence-corrected chi connectivity index (χ4v) is 9.10. The number of aromatic nitrogens is 4. The van der Waals surface area contributed by atoms with Crippen molar-refractivity contribution in [3.63, 3.8) is 0 Å². The second-order valence-corrected chi connectivity index (χ2v) is 16.2. The number of imidazole rings is 1.